The van der Waals surface area contributed by atoms with Crippen LogP contribution in [0.25, 0.3) is 0 Å². The third-order valence-electron chi connectivity index (χ3n) is 6.46. The van der Waals surface area contributed by atoms with Crippen molar-refractivity contribution in [2.45, 2.75) is 25.1 Å². The molecule has 2 aliphatic heterocycles. The van der Waals surface area contributed by atoms with Crippen LogP contribution in [0, 0.1) is 5.41 Å². The largest absolute Gasteiger partial charge is 0.490 e. The molecule has 2 N–H and O–H groups in total. The molecule has 2 aromatic carbocycles. The molecule has 1 fully saturated rings. The van der Waals surface area contributed by atoms with Crippen molar-refractivity contribution in [1.82, 2.24) is 15.2 Å². The first-order chi connectivity index (χ1) is 17.5. The fraction of sp³-hybridized carbons (Fsp3) is 0.360. The number of likely N-dealkylation sites (tertiary alicyclic amines) is 1. The van der Waals surface area contributed by atoms with E-state index in [-0.39, 0.29) is 31.8 Å². The zero-order valence-electron chi connectivity index (χ0n) is 19.9. The molecule has 2 aromatic rings. The van der Waals surface area contributed by atoms with Crippen LogP contribution in [-0.4, -0.2) is 71.4 Å². The SMILES string of the molecule is CN1N=C2CCN(C(=O)C(COc3ccccc3C(F)(F)F)NC(=O)O)CC2(Cc2ccccc2)C1=O. The van der Waals surface area contributed by atoms with Crippen LogP contribution < -0.4 is 10.1 Å². The maximum absolute atomic E-state index is 13.4. The molecule has 37 heavy (non-hydrogen) atoms. The fourth-order valence-corrected chi connectivity index (χ4v) is 4.76. The van der Waals surface area contributed by atoms with Crippen LogP contribution in [-0.2, 0) is 22.2 Å². The summed E-state index contributed by atoms with van der Waals surface area (Å²) in [5.41, 5.74) is -0.676. The monoisotopic (exact) mass is 518 g/mol. The van der Waals surface area contributed by atoms with Crippen molar-refractivity contribution in [3.63, 3.8) is 0 Å². The smallest absolute Gasteiger partial charge is 0.419 e. The molecule has 3 amide bonds. The van der Waals surface area contributed by atoms with E-state index in [1.165, 1.54) is 29.1 Å². The first kappa shape index (κ1) is 26.0. The van der Waals surface area contributed by atoms with E-state index in [0.717, 1.165) is 17.7 Å². The standard InChI is InChI=1S/C25H25F3N4O5/c1-31-22(34)24(13-16-7-3-2-4-8-16)15-32(12-11-20(24)30-31)21(33)18(29-23(35)36)14-37-19-10-6-5-9-17(19)25(26,27)28/h2-10,18,29H,11-15H2,1H3,(H,35,36). The van der Waals surface area contributed by atoms with Gasteiger partial charge in [-0.05, 0) is 24.1 Å². The molecule has 2 aliphatic rings. The first-order valence-corrected chi connectivity index (χ1v) is 11.5. The van der Waals surface area contributed by atoms with Gasteiger partial charge in [-0.2, -0.15) is 18.3 Å². The molecule has 0 bridgehead atoms. The molecule has 9 nitrogen and oxygen atoms in total. The number of fused-ring (bicyclic) bond motifs is 1. The molecule has 2 heterocycles. The number of ether oxygens (including phenoxy) is 1. The van der Waals surface area contributed by atoms with Crippen LogP contribution in [0.2, 0.25) is 0 Å². The molecular weight excluding hydrogens is 493 g/mol. The molecule has 12 heteroatoms. The summed E-state index contributed by atoms with van der Waals surface area (Å²) in [6, 6.07) is 12.2. The number of para-hydroxylation sites is 1. The Bertz CT molecular complexity index is 1220. The quantitative estimate of drug-likeness (QED) is 0.586. The van der Waals surface area contributed by atoms with Gasteiger partial charge in [0.2, 0.25) is 5.91 Å². The second-order valence-electron chi connectivity index (χ2n) is 8.94. The number of hydrazone groups is 1. The number of nitrogens with one attached hydrogen (secondary N) is 1. The molecule has 0 aliphatic carbocycles. The van der Waals surface area contributed by atoms with Gasteiger partial charge in [-0.15, -0.1) is 0 Å². The zero-order chi connectivity index (χ0) is 26.8. The molecule has 4 rings (SSSR count). The van der Waals surface area contributed by atoms with E-state index in [0.29, 0.717) is 5.71 Å². The van der Waals surface area contributed by atoms with E-state index in [4.69, 9.17) is 4.74 Å². The molecular formula is C25H25F3N4O5. The van der Waals surface area contributed by atoms with Gasteiger partial charge in [0.15, 0.2) is 0 Å². The summed E-state index contributed by atoms with van der Waals surface area (Å²) in [5, 5.41) is 17.0. The highest BCUT2D eigenvalue weighted by Crippen LogP contribution is 2.39. The Morgan fingerprint density at radius 3 is 2.51 bits per heavy atom. The molecule has 2 atom stereocenters. The van der Waals surface area contributed by atoms with Gasteiger partial charge in [-0.3, -0.25) is 9.59 Å². The maximum Gasteiger partial charge on any atom is 0.419 e. The number of rotatable bonds is 7. The summed E-state index contributed by atoms with van der Waals surface area (Å²) < 4.78 is 45.3. The Hall–Kier alpha value is -4.09. The topological polar surface area (TPSA) is 112 Å². The number of hydrogen-bond acceptors (Lipinski definition) is 5. The molecule has 196 valence electrons. The molecule has 0 aromatic heterocycles. The highest BCUT2D eigenvalue weighted by atomic mass is 19.4. The second kappa shape index (κ2) is 10.1. The molecule has 0 radical (unpaired) electrons. The fourth-order valence-electron chi connectivity index (χ4n) is 4.76. The molecule has 1 saturated heterocycles. The van der Waals surface area contributed by atoms with E-state index < -0.39 is 47.6 Å². The number of halogens is 3. The van der Waals surface area contributed by atoms with E-state index in [9.17, 15) is 32.7 Å². The van der Waals surface area contributed by atoms with Crippen LogP contribution in [0.4, 0.5) is 18.0 Å². The lowest BCUT2D eigenvalue weighted by Gasteiger charge is -2.40. The summed E-state index contributed by atoms with van der Waals surface area (Å²) >= 11 is 0. The molecule has 2 unspecified atom stereocenters. The Morgan fingerprint density at radius 2 is 1.84 bits per heavy atom. The van der Waals surface area contributed by atoms with Gasteiger partial charge in [0.05, 0.1) is 11.3 Å². The zero-order valence-corrected chi connectivity index (χ0v) is 19.9. The van der Waals surface area contributed by atoms with Crippen molar-refractivity contribution in [3.05, 3.63) is 65.7 Å². The van der Waals surface area contributed by atoms with Crippen molar-refractivity contribution in [2.75, 3.05) is 26.7 Å². The van der Waals surface area contributed by atoms with Crippen molar-refractivity contribution in [2.24, 2.45) is 10.5 Å². The van der Waals surface area contributed by atoms with Crippen molar-refractivity contribution in [1.29, 1.82) is 0 Å². The van der Waals surface area contributed by atoms with Gasteiger partial charge >= 0.3 is 12.3 Å². The van der Waals surface area contributed by atoms with E-state index in [1.807, 2.05) is 35.6 Å². The lowest BCUT2D eigenvalue weighted by molar-refractivity contribution is -0.141. The molecule has 0 saturated carbocycles. The molecule has 0 spiro atoms. The van der Waals surface area contributed by atoms with Gasteiger partial charge < -0.3 is 20.1 Å². The average molecular weight is 518 g/mol. The predicted molar refractivity (Wildman–Crippen MR) is 126 cm³/mol. The number of alkyl halides is 3. The number of nitrogens with zero attached hydrogens (tertiary/aromatic N) is 3. The number of carbonyl (C=O) groups is 3. The van der Waals surface area contributed by atoms with Gasteiger partial charge in [0.1, 0.15) is 23.8 Å². The summed E-state index contributed by atoms with van der Waals surface area (Å²) in [6.07, 6.45) is -5.67. The minimum absolute atomic E-state index is 0.0559. The maximum atomic E-state index is 13.4. The lowest BCUT2D eigenvalue weighted by atomic mass is 9.73. The first-order valence-electron chi connectivity index (χ1n) is 11.5. The summed E-state index contributed by atoms with van der Waals surface area (Å²) in [7, 11) is 1.54. The van der Waals surface area contributed by atoms with Gasteiger partial charge in [-0.1, -0.05) is 42.5 Å². The number of piperidine rings is 1. The van der Waals surface area contributed by atoms with Crippen molar-refractivity contribution >= 4 is 23.6 Å². The number of benzene rings is 2. The summed E-state index contributed by atoms with van der Waals surface area (Å²) in [4.78, 5) is 39.5. The third-order valence-corrected chi connectivity index (χ3v) is 6.46. The van der Waals surface area contributed by atoms with Gasteiger partial charge in [0, 0.05) is 26.6 Å². The normalized spacial score (nSPS) is 20.2. The highest BCUT2D eigenvalue weighted by molar-refractivity contribution is 6.13. The van der Waals surface area contributed by atoms with E-state index >= 15 is 0 Å². The van der Waals surface area contributed by atoms with Gasteiger partial charge in [-0.25, -0.2) is 9.80 Å². The predicted octanol–water partition coefficient (Wildman–Crippen LogP) is 3.01. The second-order valence-corrected chi connectivity index (χ2v) is 8.94. The van der Waals surface area contributed by atoms with Crippen molar-refractivity contribution < 1.29 is 37.4 Å². The van der Waals surface area contributed by atoms with E-state index in [2.05, 4.69) is 5.10 Å². The Morgan fingerprint density at radius 1 is 1.16 bits per heavy atom. The van der Waals surface area contributed by atoms with Gasteiger partial charge in [0.25, 0.3) is 5.91 Å². The number of amides is 3. The van der Waals surface area contributed by atoms with Crippen LogP contribution in [0.5, 0.6) is 5.75 Å². The number of carbonyl (C=O) groups excluding carboxylic acids is 2. The van der Waals surface area contributed by atoms with E-state index in [1.54, 1.807) is 0 Å². The number of carboxylic acid groups (broad SMARTS) is 1. The highest BCUT2D eigenvalue weighted by Gasteiger charge is 2.54. The van der Waals surface area contributed by atoms with Crippen LogP contribution >= 0.6 is 0 Å². The Kier molecular flexibility index (Phi) is 7.10. The van der Waals surface area contributed by atoms with Crippen molar-refractivity contribution in [3.8, 4) is 5.75 Å². The summed E-state index contributed by atoms with van der Waals surface area (Å²) in [6.45, 7) is -0.568. The minimum Gasteiger partial charge on any atom is -0.490 e. The minimum atomic E-state index is -4.70. The van der Waals surface area contributed by atoms with Crippen LogP contribution in [0.1, 0.15) is 17.5 Å². The summed E-state index contributed by atoms with van der Waals surface area (Å²) in [5.74, 6) is -1.52. The van der Waals surface area contributed by atoms with Crippen LogP contribution in [0.3, 0.4) is 0 Å². The lowest BCUT2D eigenvalue weighted by Crippen LogP contribution is -2.59. The average Bonchev–Trinajstić information content (AvgIpc) is 3.10. The number of hydrogen-bond donors (Lipinski definition) is 2. The Balaban J connectivity index is 1.57. The van der Waals surface area contributed by atoms with Crippen LogP contribution in [0.15, 0.2) is 59.7 Å². The third kappa shape index (κ3) is 5.37. The Labute approximate surface area is 210 Å².